The van der Waals surface area contributed by atoms with Gasteiger partial charge in [0.05, 0.1) is 0 Å². The molecule has 1 aromatic heterocycles. The zero-order chi connectivity index (χ0) is 19.2. The molecule has 2 N–H and O–H groups in total. The number of hydrogen-bond acceptors (Lipinski definition) is 5. The number of amides is 2. The molecule has 7 nitrogen and oxygen atoms in total. The summed E-state index contributed by atoms with van der Waals surface area (Å²) >= 11 is 5.86. The molecule has 1 aliphatic rings. The summed E-state index contributed by atoms with van der Waals surface area (Å²) < 4.78 is 0. The van der Waals surface area contributed by atoms with Crippen LogP contribution in [0.4, 0.5) is 5.69 Å². The Kier molecular flexibility index (Phi) is 6.36. The third kappa shape index (κ3) is 4.81. The van der Waals surface area contributed by atoms with E-state index in [0.29, 0.717) is 29.7 Å². The summed E-state index contributed by atoms with van der Waals surface area (Å²) in [6.45, 7) is 2.16. The van der Waals surface area contributed by atoms with Gasteiger partial charge in [0.1, 0.15) is 0 Å². The van der Waals surface area contributed by atoms with Crippen molar-refractivity contribution in [2.75, 3.05) is 32.0 Å². The van der Waals surface area contributed by atoms with Gasteiger partial charge in [-0.25, -0.2) is 9.97 Å². The number of likely N-dealkylation sites (tertiary alicyclic amines) is 1. The molecule has 0 saturated carbocycles. The minimum absolute atomic E-state index is 0.0215. The number of anilines is 1. The molecule has 1 aliphatic heterocycles. The normalized spacial score (nSPS) is 16.8. The Hall–Kier alpha value is -2.51. The fourth-order valence-electron chi connectivity index (χ4n) is 3.24. The molecule has 0 aliphatic carbocycles. The molecule has 2 aromatic rings. The maximum absolute atomic E-state index is 13.0. The topological polar surface area (TPSA) is 87.2 Å². The van der Waals surface area contributed by atoms with Crippen LogP contribution in [0, 0.1) is 5.92 Å². The number of aromatic nitrogens is 2. The lowest BCUT2D eigenvalue weighted by atomic mass is 9.97. The lowest BCUT2D eigenvalue weighted by molar-refractivity contribution is 0.0663. The second kappa shape index (κ2) is 8.92. The number of carbonyl (C=O) groups excluding carboxylic acids is 2. The van der Waals surface area contributed by atoms with Crippen molar-refractivity contribution in [1.29, 1.82) is 0 Å². The Morgan fingerprint density at radius 2 is 1.89 bits per heavy atom. The first-order chi connectivity index (χ1) is 13.1. The number of hydrogen-bond donors (Lipinski definition) is 2. The van der Waals surface area contributed by atoms with Crippen molar-refractivity contribution in [3.05, 3.63) is 53.1 Å². The molecule has 2 amide bonds. The molecule has 0 spiro atoms. The Labute approximate surface area is 163 Å². The van der Waals surface area contributed by atoms with Gasteiger partial charge in [-0.15, -0.1) is 0 Å². The average molecular weight is 388 g/mol. The van der Waals surface area contributed by atoms with E-state index < -0.39 is 5.91 Å². The summed E-state index contributed by atoms with van der Waals surface area (Å²) in [6.07, 6.45) is 4.86. The quantitative estimate of drug-likeness (QED) is 0.822. The SMILES string of the molecule is CNCC1CCCN(C(=O)c2nccnc2C(=O)Nc2ccc(Cl)cc2)C1. The van der Waals surface area contributed by atoms with Crippen LogP contribution in [0.5, 0.6) is 0 Å². The summed E-state index contributed by atoms with van der Waals surface area (Å²) in [5.41, 5.74) is 0.669. The first-order valence-corrected chi connectivity index (χ1v) is 9.28. The van der Waals surface area contributed by atoms with E-state index in [1.807, 2.05) is 7.05 Å². The largest absolute Gasteiger partial charge is 0.337 e. The predicted molar refractivity (Wildman–Crippen MR) is 104 cm³/mol. The monoisotopic (exact) mass is 387 g/mol. The van der Waals surface area contributed by atoms with Crippen LogP contribution in [0.3, 0.4) is 0 Å². The van der Waals surface area contributed by atoms with Gasteiger partial charge in [0, 0.05) is 36.2 Å². The van der Waals surface area contributed by atoms with Crippen LogP contribution in [-0.2, 0) is 0 Å². The predicted octanol–water partition coefficient (Wildman–Crippen LogP) is 2.45. The Balaban J connectivity index is 1.77. The number of carbonyl (C=O) groups is 2. The summed E-state index contributed by atoms with van der Waals surface area (Å²) in [7, 11) is 1.91. The summed E-state index contributed by atoms with van der Waals surface area (Å²) in [4.78, 5) is 35.6. The molecule has 1 atom stereocenters. The smallest absolute Gasteiger partial charge is 0.276 e. The Morgan fingerprint density at radius 3 is 2.59 bits per heavy atom. The second-order valence-electron chi connectivity index (χ2n) is 6.53. The van der Waals surface area contributed by atoms with E-state index in [0.717, 1.165) is 19.4 Å². The fourth-order valence-corrected chi connectivity index (χ4v) is 3.36. The maximum atomic E-state index is 13.0. The van der Waals surface area contributed by atoms with Gasteiger partial charge in [-0.2, -0.15) is 0 Å². The van der Waals surface area contributed by atoms with Crippen LogP contribution in [0.2, 0.25) is 5.02 Å². The van der Waals surface area contributed by atoms with Gasteiger partial charge in [-0.05, 0) is 56.6 Å². The molecule has 0 bridgehead atoms. The highest BCUT2D eigenvalue weighted by Gasteiger charge is 2.28. The van der Waals surface area contributed by atoms with Crippen LogP contribution in [0.1, 0.15) is 33.8 Å². The minimum Gasteiger partial charge on any atom is -0.337 e. The van der Waals surface area contributed by atoms with E-state index in [2.05, 4.69) is 20.6 Å². The number of nitrogens with zero attached hydrogens (tertiary/aromatic N) is 3. The number of rotatable bonds is 5. The third-order valence-corrected chi connectivity index (χ3v) is 4.77. The lowest BCUT2D eigenvalue weighted by Crippen LogP contribution is -2.43. The fraction of sp³-hybridized carbons (Fsp3) is 0.368. The molecule has 1 aromatic carbocycles. The zero-order valence-corrected chi connectivity index (χ0v) is 15.9. The van der Waals surface area contributed by atoms with E-state index in [9.17, 15) is 9.59 Å². The molecule has 8 heteroatoms. The molecule has 3 rings (SSSR count). The highest BCUT2D eigenvalue weighted by atomic mass is 35.5. The molecular formula is C19H22ClN5O2. The molecular weight excluding hydrogens is 366 g/mol. The van der Waals surface area contributed by atoms with Crippen molar-refractivity contribution in [2.45, 2.75) is 12.8 Å². The van der Waals surface area contributed by atoms with Gasteiger partial charge in [0.2, 0.25) is 0 Å². The van der Waals surface area contributed by atoms with Crippen LogP contribution >= 0.6 is 11.6 Å². The van der Waals surface area contributed by atoms with Gasteiger partial charge in [0.25, 0.3) is 11.8 Å². The first kappa shape index (κ1) is 19.3. The number of benzene rings is 1. The molecule has 1 fully saturated rings. The number of piperidine rings is 1. The Bertz CT molecular complexity index is 810. The zero-order valence-electron chi connectivity index (χ0n) is 15.1. The number of halogens is 1. The summed E-state index contributed by atoms with van der Waals surface area (Å²) in [5.74, 6) is -0.335. The van der Waals surface area contributed by atoms with Crippen LogP contribution in [0.25, 0.3) is 0 Å². The van der Waals surface area contributed by atoms with Crippen molar-refractivity contribution in [3.63, 3.8) is 0 Å². The van der Waals surface area contributed by atoms with E-state index in [-0.39, 0.29) is 17.3 Å². The van der Waals surface area contributed by atoms with Gasteiger partial charge in [-0.3, -0.25) is 9.59 Å². The van der Waals surface area contributed by atoms with Crippen molar-refractivity contribution in [2.24, 2.45) is 5.92 Å². The van der Waals surface area contributed by atoms with Gasteiger partial charge in [-0.1, -0.05) is 11.6 Å². The third-order valence-electron chi connectivity index (χ3n) is 4.52. The van der Waals surface area contributed by atoms with Gasteiger partial charge >= 0.3 is 0 Å². The Morgan fingerprint density at radius 1 is 1.19 bits per heavy atom. The van der Waals surface area contributed by atoms with Crippen molar-refractivity contribution in [3.8, 4) is 0 Å². The summed E-state index contributed by atoms with van der Waals surface area (Å²) in [6, 6.07) is 6.72. The molecule has 1 saturated heterocycles. The first-order valence-electron chi connectivity index (χ1n) is 8.90. The average Bonchev–Trinajstić information content (AvgIpc) is 2.69. The van der Waals surface area contributed by atoms with Crippen LogP contribution < -0.4 is 10.6 Å². The second-order valence-corrected chi connectivity index (χ2v) is 6.97. The van der Waals surface area contributed by atoms with E-state index in [4.69, 9.17) is 11.6 Å². The van der Waals surface area contributed by atoms with Crippen LogP contribution in [-0.4, -0.2) is 53.4 Å². The van der Waals surface area contributed by atoms with Crippen molar-refractivity contribution in [1.82, 2.24) is 20.2 Å². The molecule has 0 radical (unpaired) electrons. The van der Waals surface area contributed by atoms with E-state index in [1.54, 1.807) is 29.2 Å². The molecule has 2 heterocycles. The van der Waals surface area contributed by atoms with Crippen molar-refractivity contribution >= 4 is 29.1 Å². The van der Waals surface area contributed by atoms with Crippen LogP contribution in [0.15, 0.2) is 36.7 Å². The summed E-state index contributed by atoms with van der Waals surface area (Å²) in [5, 5.41) is 6.46. The molecule has 27 heavy (non-hydrogen) atoms. The van der Waals surface area contributed by atoms with Crippen molar-refractivity contribution < 1.29 is 9.59 Å². The van der Waals surface area contributed by atoms with E-state index >= 15 is 0 Å². The van der Waals surface area contributed by atoms with Gasteiger partial charge < -0.3 is 15.5 Å². The minimum atomic E-state index is -0.474. The molecule has 1 unspecified atom stereocenters. The highest BCUT2D eigenvalue weighted by molar-refractivity contribution is 6.30. The van der Waals surface area contributed by atoms with E-state index in [1.165, 1.54) is 12.4 Å². The maximum Gasteiger partial charge on any atom is 0.276 e. The molecule has 142 valence electrons. The lowest BCUT2D eigenvalue weighted by Gasteiger charge is -2.32. The highest BCUT2D eigenvalue weighted by Crippen LogP contribution is 2.19. The standard InChI is InChI=1S/C19H22ClN5O2/c1-21-11-13-3-2-10-25(12-13)19(27)17-16(22-8-9-23-17)18(26)24-15-6-4-14(20)5-7-15/h4-9,13,21H,2-3,10-12H2,1H3,(H,24,26). The number of nitrogens with one attached hydrogen (secondary N) is 2. The van der Waals surface area contributed by atoms with Gasteiger partial charge in [0.15, 0.2) is 11.4 Å².